The highest BCUT2D eigenvalue weighted by atomic mass is 32.1. The maximum atomic E-state index is 14.1. The summed E-state index contributed by atoms with van der Waals surface area (Å²) in [6, 6.07) is 9.64. The zero-order chi connectivity index (χ0) is 21.0. The van der Waals surface area contributed by atoms with E-state index in [0.717, 1.165) is 0 Å². The van der Waals surface area contributed by atoms with E-state index in [-0.39, 0.29) is 13.0 Å². The van der Waals surface area contributed by atoms with E-state index < -0.39 is 24.0 Å². The van der Waals surface area contributed by atoms with E-state index in [0.29, 0.717) is 33.3 Å². The molecule has 0 fully saturated rings. The van der Waals surface area contributed by atoms with E-state index in [1.807, 2.05) is 0 Å². The molecule has 29 heavy (non-hydrogen) atoms. The lowest BCUT2D eigenvalue weighted by molar-refractivity contribution is -0.145. The summed E-state index contributed by atoms with van der Waals surface area (Å²) >= 11 is 5.44. The zero-order valence-corrected chi connectivity index (χ0v) is 17.2. The molecule has 0 unspecified atom stereocenters. The van der Waals surface area contributed by atoms with Crippen molar-refractivity contribution in [3.05, 3.63) is 53.3 Å². The molecule has 0 spiro atoms. The standard InChI is InChI=1S/C21H22FNO5S/c1-4-27-18(24)11-17-21(29)23-15-9-8-12(22)10-14(15)19(28-17)13-6-5-7-16(25-2)20(13)26-3/h5-10,17,19H,4,11H2,1-3H3,(H,23,29)/t17-,19-/m0/s1. The SMILES string of the molecule is CCOC(=O)C[C@@H]1O[C@@H](c2cccc(OC)c2OC)c2cc(F)ccc2NC1=S. The number of nitrogens with one attached hydrogen (secondary N) is 1. The predicted molar refractivity (Wildman–Crippen MR) is 110 cm³/mol. The van der Waals surface area contributed by atoms with E-state index >= 15 is 0 Å². The fraction of sp³-hybridized carbons (Fsp3) is 0.333. The average molecular weight is 419 g/mol. The maximum Gasteiger partial charge on any atom is 0.308 e. The Hall–Kier alpha value is -2.71. The third-order valence-electron chi connectivity index (χ3n) is 4.52. The van der Waals surface area contributed by atoms with Gasteiger partial charge in [0, 0.05) is 16.8 Å². The molecule has 8 heteroatoms. The minimum absolute atomic E-state index is 0.0705. The Kier molecular flexibility index (Phi) is 6.66. The second-order valence-corrected chi connectivity index (χ2v) is 6.76. The molecule has 0 aliphatic carbocycles. The summed E-state index contributed by atoms with van der Waals surface area (Å²) in [7, 11) is 3.05. The first-order chi connectivity index (χ1) is 14.0. The van der Waals surface area contributed by atoms with Gasteiger partial charge >= 0.3 is 5.97 Å². The summed E-state index contributed by atoms with van der Waals surface area (Å²) in [5.74, 6) is 0.108. The number of hydrogen-bond acceptors (Lipinski definition) is 6. The fourth-order valence-electron chi connectivity index (χ4n) is 3.25. The fourth-order valence-corrected chi connectivity index (χ4v) is 3.50. The number of halogens is 1. The number of benzene rings is 2. The van der Waals surface area contributed by atoms with Crippen LogP contribution in [0.1, 0.15) is 30.6 Å². The van der Waals surface area contributed by atoms with Gasteiger partial charge in [-0.2, -0.15) is 0 Å². The van der Waals surface area contributed by atoms with E-state index in [4.69, 9.17) is 31.2 Å². The lowest BCUT2D eigenvalue weighted by atomic mass is 9.98. The Morgan fingerprint density at radius 2 is 2.00 bits per heavy atom. The summed E-state index contributed by atoms with van der Waals surface area (Å²) in [6.07, 6.45) is -1.59. The molecule has 1 N–H and O–H groups in total. The molecule has 0 saturated heterocycles. The van der Waals surface area contributed by atoms with Crippen molar-refractivity contribution in [2.75, 3.05) is 26.1 Å². The molecule has 1 aliphatic rings. The lowest BCUT2D eigenvalue weighted by Gasteiger charge is -2.24. The molecule has 6 nitrogen and oxygen atoms in total. The Labute approximate surface area is 173 Å². The summed E-state index contributed by atoms with van der Waals surface area (Å²) in [6.45, 7) is 1.98. The molecule has 0 aromatic heterocycles. The number of carbonyl (C=O) groups excluding carboxylic acids is 1. The largest absolute Gasteiger partial charge is 0.493 e. The van der Waals surface area contributed by atoms with Crippen LogP contribution in [0.5, 0.6) is 11.5 Å². The van der Waals surface area contributed by atoms with Crippen LogP contribution in [0.25, 0.3) is 0 Å². The summed E-state index contributed by atoms with van der Waals surface area (Å²) in [5.41, 5.74) is 1.75. The lowest BCUT2D eigenvalue weighted by Crippen LogP contribution is -2.31. The minimum Gasteiger partial charge on any atom is -0.493 e. The van der Waals surface area contributed by atoms with Crippen LogP contribution in [0.2, 0.25) is 0 Å². The molecular formula is C21H22FNO5S. The van der Waals surface area contributed by atoms with Crippen molar-refractivity contribution in [3.8, 4) is 11.5 Å². The number of anilines is 1. The number of methoxy groups -OCH3 is 2. The first-order valence-corrected chi connectivity index (χ1v) is 9.51. The van der Waals surface area contributed by atoms with Crippen LogP contribution in [0.15, 0.2) is 36.4 Å². The monoisotopic (exact) mass is 419 g/mol. The second-order valence-electron chi connectivity index (χ2n) is 6.32. The van der Waals surface area contributed by atoms with Crippen molar-refractivity contribution in [2.45, 2.75) is 25.6 Å². The molecule has 0 bridgehead atoms. The number of thiocarbonyl (C=S) groups is 1. The molecule has 3 rings (SSSR count). The topological polar surface area (TPSA) is 66.0 Å². The van der Waals surface area contributed by atoms with E-state index in [1.165, 1.54) is 26.4 Å². The third kappa shape index (κ3) is 4.49. The van der Waals surface area contributed by atoms with Crippen molar-refractivity contribution < 1.29 is 28.1 Å². The van der Waals surface area contributed by atoms with Gasteiger partial charge in [0.05, 0.1) is 27.2 Å². The Morgan fingerprint density at radius 3 is 2.69 bits per heavy atom. The van der Waals surface area contributed by atoms with Crippen molar-refractivity contribution in [2.24, 2.45) is 0 Å². The Balaban J connectivity index is 2.10. The smallest absolute Gasteiger partial charge is 0.308 e. The highest BCUT2D eigenvalue weighted by molar-refractivity contribution is 7.80. The molecule has 0 amide bonds. The number of para-hydroxylation sites is 1. The van der Waals surface area contributed by atoms with Gasteiger partial charge in [0.25, 0.3) is 0 Å². The van der Waals surface area contributed by atoms with E-state index in [9.17, 15) is 9.18 Å². The van der Waals surface area contributed by atoms with Crippen LogP contribution in [-0.4, -0.2) is 37.9 Å². The van der Waals surface area contributed by atoms with Gasteiger partial charge in [0.2, 0.25) is 0 Å². The van der Waals surface area contributed by atoms with Crippen LogP contribution in [0, 0.1) is 5.82 Å². The third-order valence-corrected chi connectivity index (χ3v) is 4.88. The van der Waals surface area contributed by atoms with Gasteiger partial charge in [-0.15, -0.1) is 0 Å². The molecule has 1 aliphatic heterocycles. The van der Waals surface area contributed by atoms with Crippen molar-refractivity contribution in [1.29, 1.82) is 0 Å². The normalized spacial score (nSPS) is 18.3. The summed E-state index contributed by atoms with van der Waals surface area (Å²) in [4.78, 5) is 12.4. The Morgan fingerprint density at radius 1 is 1.21 bits per heavy atom. The number of hydrogen-bond donors (Lipinski definition) is 1. The van der Waals surface area contributed by atoms with Crippen molar-refractivity contribution in [3.63, 3.8) is 0 Å². The highest BCUT2D eigenvalue weighted by Crippen LogP contribution is 2.43. The molecule has 154 valence electrons. The van der Waals surface area contributed by atoms with Gasteiger partial charge in [-0.3, -0.25) is 4.79 Å². The molecular weight excluding hydrogens is 397 g/mol. The average Bonchev–Trinajstić information content (AvgIpc) is 2.84. The summed E-state index contributed by atoms with van der Waals surface area (Å²) in [5, 5.41) is 3.07. The molecule has 2 aromatic carbocycles. The number of fused-ring (bicyclic) bond motifs is 1. The van der Waals surface area contributed by atoms with Crippen molar-refractivity contribution >= 4 is 28.9 Å². The number of esters is 1. The first kappa shape index (κ1) is 21.0. The minimum atomic E-state index is -0.764. The molecule has 1 heterocycles. The van der Waals surface area contributed by atoms with E-state index in [2.05, 4.69) is 5.32 Å². The van der Waals surface area contributed by atoms with Gasteiger partial charge < -0.3 is 24.3 Å². The van der Waals surface area contributed by atoms with Gasteiger partial charge in [0.15, 0.2) is 11.5 Å². The van der Waals surface area contributed by atoms with Gasteiger partial charge in [-0.05, 0) is 31.2 Å². The summed E-state index contributed by atoms with van der Waals surface area (Å²) < 4.78 is 36.3. The van der Waals surface area contributed by atoms with Gasteiger partial charge in [-0.1, -0.05) is 24.4 Å². The number of ether oxygens (including phenoxy) is 4. The van der Waals surface area contributed by atoms with Crippen LogP contribution in [-0.2, 0) is 14.3 Å². The second kappa shape index (κ2) is 9.19. The van der Waals surface area contributed by atoms with Gasteiger partial charge in [-0.25, -0.2) is 4.39 Å². The molecule has 2 aromatic rings. The number of carbonyl (C=O) groups is 1. The van der Waals surface area contributed by atoms with Crippen LogP contribution >= 0.6 is 12.2 Å². The van der Waals surface area contributed by atoms with Crippen LogP contribution in [0.3, 0.4) is 0 Å². The van der Waals surface area contributed by atoms with E-state index in [1.54, 1.807) is 31.2 Å². The quantitative estimate of drug-likeness (QED) is 0.560. The maximum absolute atomic E-state index is 14.1. The number of rotatable bonds is 6. The highest BCUT2D eigenvalue weighted by Gasteiger charge is 2.33. The van der Waals surface area contributed by atoms with Crippen molar-refractivity contribution in [1.82, 2.24) is 0 Å². The molecule has 2 atom stereocenters. The van der Waals surface area contributed by atoms with Gasteiger partial charge in [0.1, 0.15) is 23.0 Å². The predicted octanol–water partition coefficient (Wildman–Crippen LogP) is 4.02. The van der Waals surface area contributed by atoms with Crippen LogP contribution in [0.4, 0.5) is 10.1 Å². The first-order valence-electron chi connectivity index (χ1n) is 9.10. The van der Waals surface area contributed by atoms with Crippen LogP contribution < -0.4 is 14.8 Å². The Bertz CT molecular complexity index is 920. The molecule has 0 radical (unpaired) electrons. The zero-order valence-electron chi connectivity index (χ0n) is 16.4. The molecule has 0 saturated carbocycles.